The van der Waals surface area contributed by atoms with Crippen molar-refractivity contribution < 1.29 is 14.5 Å². The number of anilines is 1. The zero-order valence-corrected chi connectivity index (χ0v) is 24.6. The van der Waals surface area contributed by atoms with Crippen LogP contribution in [0.25, 0.3) is 5.69 Å². The van der Waals surface area contributed by atoms with Crippen LogP contribution in [-0.2, 0) is 4.79 Å². The van der Waals surface area contributed by atoms with Crippen molar-refractivity contribution in [1.29, 1.82) is 0 Å². The van der Waals surface area contributed by atoms with E-state index in [4.69, 9.17) is 17.0 Å². The minimum atomic E-state index is -0.442. The third kappa shape index (κ3) is 5.68. The van der Waals surface area contributed by atoms with Crippen LogP contribution in [0.1, 0.15) is 46.7 Å². The van der Waals surface area contributed by atoms with E-state index in [0.29, 0.717) is 23.1 Å². The predicted molar refractivity (Wildman–Crippen MR) is 165 cm³/mol. The number of non-ortho nitro benzene ring substituents is 1. The van der Waals surface area contributed by atoms with E-state index < -0.39 is 4.92 Å². The Bertz CT molecular complexity index is 1640. The molecule has 2 aromatic heterocycles. The highest BCUT2D eigenvalue weighted by atomic mass is 32.1. The number of benzene rings is 2. The predicted octanol–water partition coefficient (Wildman–Crippen LogP) is 5.72. The molecule has 5 rings (SSSR count). The number of methoxy groups -OCH3 is 1. The summed E-state index contributed by atoms with van der Waals surface area (Å²) in [6.45, 7) is 6.37. The number of carbonyl (C=O) groups is 1. The van der Waals surface area contributed by atoms with Crippen molar-refractivity contribution >= 4 is 34.6 Å². The van der Waals surface area contributed by atoms with Gasteiger partial charge in [-0.25, -0.2) is 0 Å². The quantitative estimate of drug-likeness (QED) is 0.146. The van der Waals surface area contributed by atoms with Gasteiger partial charge in [-0.3, -0.25) is 19.9 Å². The number of carbonyl (C=O) groups excluding carboxylic acids is 1. The van der Waals surface area contributed by atoms with Crippen LogP contribution >= 0.6 is 12.2 Å². The lowest BCUT2D eigenvalue weighted by molar-refractivity contribution is -0.384. The normalized spacial score (nSPS) is 16.3. The summed E-state index contributed by atoms with van der Waals surface area (Å²) in [4.78, 5) is 30.5. The number of aromatic nitrogens is 2. The van der Waals surface area contributed by atoms with Crippen LogP contribution in [0.5, 0.6) is 5.75 Å². The SMILES string of the molecule is COc1cc([N+](=O)[O-])ccc1-n1c(C)cc(C2C(c3ccccn3)NC(=S)N2CCC(=O)Nc2ccc(C)cc2)c1C. The molecule has 1 amide bonds. The monoisotopic (exact) mass is 584 g/mol. The lowest BCUT2D eigenvalue weighted by Crippen LogP contribution is -2.32. The molecule has 2 unspecified atom stereocenters. The van der Waals surface area contributed by atoms with E-state index in [1.165, 1.54) is 19.2 Å². The van der Waals surface area contributed by atoms with Gasteiger partial charge < -0.3 is 24.8 Å². The van der Waals surface area contributed by atoms with E-state index in [1.54, 1.807) is 12.3 Å². The molecule has 10 nitrogen and oxygen atoms in total. The van der Waals surface area contributed by atoms with E-state index in [2.05, 4.69) is 21.7 Å². The van der Waals surface area contributed by atoms with Crippen LogP contribution in [0.4, 0.5) is 11.4 Å². The molecule has 216 valence electrons. The number of pyridine rings is 1. The molecule has 0 radical (unpaired) electrons. The van der Waals surface area contributed by atoms with Crippen molar-refractivity contribution in [3.63, 3.8) is 0 Å². The Morgan fingerprint density at radius 2 is 1.88 bits per heavy atom. The average molecular weight is 585 g/mol. The second-order valence-corrected chi connectivity index (χ2v) is 10.6. The van der Waals surface area contributed by atoms with E-state index in [0.717, 1.165) is 33.9 Å². The van der Waals surface area contributed by atoms with Crippen molar-refractivity contribution in [1.82, 2.24) is 19.8 Å². The van der Waals surface area contributed by atoms with Crippen LogP contribution in [0.3, 0.4) is 0 Å². The van der Waals surface area contributed by atoms with Gasteiger partial charge >= 0.3 is 0 Å². The fourth-order valence-corrected chi connectivity index (χ4v) is 5.82. The highest BCUT2D eigenvalue weighted by Gasteiger charge is 2.41. The molecule has 11 heteroatoms. The molecule has 3 heterocycles. The molecule has 2 atom stereocenters. The molecule has 42 heavy (non-hydrogen) atoms. The van der Waals surface area contributed by atoms with Gasteiger partial charge in [0.05, 0.1) is 41.6 Å². The molecule has 2 N–H and O–H groups in total. The smallest absolute Gasteiger partial charge is 0.273 e. The second kappa shape index (κ2) is 12.0. The molecule has 1 aliphatic rings. The average Bonchev–Trinajstić information content (AvgIpc) is 3.47. The summed E-state index contributed by atoms with van der Waals surface area (Å²) in [7, 11) is 1.50. The van der Waals surface area contributed by atoms with E-state index in [1.807, 2.05) is 72.7 Å². The largest absolute Gasteiger partial charge is 0.494 e. The highest BCUT2D eigenvalue weighted by molar-refractivity contribution is 7.80. The van der Waals surface area contributed by atoms with E-state index in [9.17, 15) is 14.9 Å². The summed E-state index contributed by atoms with van der Waals surface area (Å²) >= 11 is 5.81. The van der Waals surface area contributed by atoms with E-state index >= 15 is 0 Å². The summed E-state index contributed by atoms with van der Waals surface area (Å²) in [6, 6.07) is 19.6. The van der Waals surface area contributed by atoms with Crippen molar-refractivity contribution in [2.24, 2.45) is 0 Å². The standard InChI is InChI=1S/C31H32N6O4S/c1-19-8-10-22(11-9-19)33-28(38)14-16-35-30(29(34-31(35)42)25-7-5-6-15-32-25)24-17-20(2)36(21(24)3)26-13-12-23(37(39)40)18-27(26)41-4/h5-13,15,17-18,29-30H,14,16H2,1-4H3,(H,33,38)(H,34,42). The fourth-order valence-electron chi connectivity index (χ4n) is 5.49. The number of hydrogen-bond donors (Lipinski definition) is 2. The van der Waals surface area contributed by atoms with Gasteiger partial charge in [-0.1, -0.05) is 23.8 Å². The third-order valence-electron chi connectivity index (χ3n) is 7.52. The Morgan fingerprint density at radius 1 is 1.12 bits per heavy atom. The van der Waals surface area contributed by atoms with Crippen molar-refractivity contribution in [3.05, 3.63) is 111 Å². The first-order valence-electron chi connectivity index (χ1n) is 13.5. The number of nitro groups is 1. The Labute approximate surface area is 249 Å². The summed E-state index contributed by atoms with van der Waals surface area (Å²) in [5.74, 6) is 0.284. The number of nitrogens with zero attached hydrogens (tertiary/aromatic N) is 4. The minimum Gasteiger partial charge on any atom is -0.494 e. The zero-order valence-electron chi connectivity index (χ0n) is 23.8. The van der Waals surface area contributed by atoms with E-state index in [-0.39, 0.29) is 30.1 Å². The van der Waals surface area contributed by atoms with Crippen LogP contribution in [-0.4, -0.2) is 44.0 Å². The molecule has 0 saturated carbocycles. The molecule has 0 aliphatic carbocycles. The number of nitro benzene ring substituents is 1. The Hall–Kier alpha value is -4.77. The van der Waals surface area contributed by atoms with Gasteiger partial charge in [0.1, 0.15) is 5.75 Å². The molecule has 4 aromatic rings. The molecule has 1 fully saturated rings. The lowest BCUT2D eigenvalue weighted by atomic mass is 9.96. The maximum Gasteiger partial charge on any atom is 0.273 e. The Kier molecular flexibility index (Phi) is 8.21. The summed E-state index contributed by atoms with van der Waals surface area (Å²) in [5.41, 5.74) is 6.18. The van der Waals surface area contributed by atoms with Gasteiger partial charge in [0.25, 0.3) is 5.69 Å². The molecule has 0 spiro atoms. The summed E-state index contributed by atoms with van der Waals surface area (Å²) in [5, 5.41) is 18.3. The van der Waals surface area contributed by atoms with Gasteiger partial charge in [0.15, 0.2) is 5.11 Å². The number of ether oxygens (including phenoxy) is 1. The van der Waals surface area contributed by atoms with Gasteiger partial charge in [0.2, 0.25) is 5.91 Å². The number of amides is 1. The first kappa shape index (κ1) is 28.7. The van der Waals surface area contributed by atoms with Crippen molar-refractivity contribution in [2.75, 3.05) is 19.0 Å². The lowest BCUT2D eigenvalue weighted by Gasteiger charge is -2.28. The van der Waals surface area contributed by atoms with Crippen LogP contribution < -0.4 is 15.4 Å². The number of thiocarbonyl (C=S) groups is 1. The number of aryl methyl sites for hydroxylation is 2. The van der Waals surface area contributed by atoms with Crippen molar-refractivity contribution in [3.8, 4) is 11.4 Å². The van der Waals surface area contributed by atoms with Crippen molar-refractivity contribution in [2.45, 2.75) is 39.3 Å². The van der Waals surface area contributed by atoms with Gasteiger partial charge in [-0.2, -0.15) is 0 Å². The molecule has 1 saturated heterocycles. The molecule has 0 bridgehead atoms. The number of nitrogens with one attached hydrogen (secondary N) is 2. The highest BCUT2D eigenvalue weighted by Crippen LogP contribution is 2.42. The number of rotatable bonds is 9. The fraction of sp³-hybridized carbons (Fsp3) is 0.258. The minimum absolute atomic E-state index is 0.0473. The Balaban J connectivity index is 1.50. The third-order valence-corrected chi connectivity index (χ3v) is 7.87. The molecular formula is C31H32N6O4S. The summed E-state index contributed by atoms with van der Waals surface area (Å²) < 4.78 is 7.59. The summed E-state index contributed by atoms with van der Waals surface area (Å²) in [6.07, 6.45) is 1.98. The van der Waals surface area contributed by atoms with Gasteiger partial charge in [-0.05, 0) is 75.0 Å². The maximum absolute atomic E-state index is 12.9. The molecular weight excluding hydrogens is 552 g/mol. The number of hydrogen-bond acceptors (Lipinski definition) is 6. The first-order chi connectivity index (χ1) is 20.2. The molecule has 2 aromatic carbocycles. The van der Waals surface area contributed by atoms with Gasteiger partial charge in [0, 0.05) is 42.3 Å². The zero-order chi connectivity index (χ0) is 30.0. The second-order valence-electron chi connectivity index (χ2n) is 10.3. The first-order valence-corrected chi connectivity index (χ1v) is 13.9. The van der Waals surface area contributed by atoms with Crippen LogP contribution in [0.15, 0.2) is 72.9 Å². The topological polar surface area (TPSA) is 115 Å². The molecule has 1 aliphatic heterocycles. The Morgan fingerprint density at radius 3 is 2.55 bits per heavy atom. The maximum atomic E-state index is 12.9. The van der Waals surface area contributed by atoms with Crippen LogP contribution in [0.2, 0.25) is 0 Å². The van der Waals surface area contributed by atoms with Crippen LogP contribution in [0, 0.1) is 30.9 Å². The van der Waals surface area contributed by atoms with Gasteiger partial charge in [-0.15, -0.1) is 0 Å².